The fourth-order valence-corrected chi connectivity index (χ4v) is 2.08. The molecule has 0 aliphatic heterocycles. The summed E-state index contributed by atoms with van der Waals surface area (Å²) in [6.45, 7) is 0. The molecule has 0 N–H and O–H groups in total. The lowest BCUT2D eigenvalue weighted by Gasteiger charge is -2.16. The highest BCUT2D eigenvalue weighted by Crippen LogP contribution is 2.54. The fourth-order valence-electron chi connectivity index (χ4n) is 2.08. The van der Waals surface area contributed by atoms with Crippen molar-refractivity contribution in [2.24, 2.45) is 5.92 Å². The first-order valence-corrected chi connectivity index (χ1v) is 4.65. The summed E-state index contributed by atoms with van der Waals surface area (Å²) in [6, 6.07) is 0. The van der Waals surface area contributed by atoms with Crippen molar-refractivity contribution in [3.05, 3.63) is 36.6 Å². The van der Waals surface area contributed by atoms with Crippen molar-refractivity contribution in [2.75, 3.05) is 7.11 Å². The monoisotopic (exact) mass is 189 g/mol. The van der Waals surface area contributed by atoms with Gasteiger partial charge in [0.15, 0.2) is 0 Å². The van der Waals surface area contributed by atoms with E-state index in [9.17, 15) is 0 Å². The van der Waals surface area contributed by atoms with Gasteiger partial charge in [-0.2, -0.15) is 5.10 Å². The molecule has 0 aromatic carbocycles. The van der Waals surface area contributed by atoms with Crippen molar-refractivity contribution < 1.29 is 4.74 Å². The quantitative estimate of drug-likeness (QED) is 0.699. The van der Waals surface area contributed by atoms with Crippen LogP contribution in [-0.4, -0.2) is 21.9 Å². The summed E-state index contributed by atoms with van der Waals surface area (Å²) in [7, 11) is 1.69. The van der Waals surface area contributed by atoms with Crippen molar-refractivity contribution >= 4 is 0 Å². The van der Waals surface area contributed by atoms with Crippen molar-refractivity contribution in [1.29, 1.82) is 0 Å². The van der Waals surface area contributed by atoms with Gasteiger partial charge in [-0.3, -0.25) is 0 Å². The molecule has 4 heteroatoms. The van der Waals surface area contributed by atoms with Crippen molar-refractivity contribution in [3.8, 4) is 0 Å². The topological polar surface area (TPSA) is 39.9 Å². The maximum Gasteiger partial charge on any atom is 0.137 e. The Morgan fingerprint density at radius 1 is 1.64 bits per heavy atom. The van der Waals surface area contributed by atoms with Crippen molar-refractivity contribution in [2.45, 2.75) is 12.0 Å². The number of ether oxygens (including phenoxy) is 1. The molecule has 1 fully saturated rings. The number of allylic oxidation sites excluding steroid dienone is 3. The van der Waals surface area contributed by atoms with E-state index >= 15 is 0 Å². The first-order chi connectivity index (χ1) is 6.85. The van der Waals surface area contributed by atoms with Crippen LogP contribution in [0.4, 0.5) is 0 Å². The molecule has 3 rings (SSSR count). The van der Waals surface area contributed by atoms with Gasteiger partial charge in [-0.15, -0.1) is 0 Å². The molecule has 0 spiro atoms. The molecule has 2 aliphatic rings. The summed E-state index contributed by atoms with van der Waals surface area (Å²) in [6.07, 6.45) is 10.8. The van der Waals surface area contributed by atoms with E-state index in [4.69, 9.17) is 4.74 Å². The molecule has 72 valence electrons. The standard InChI is InChI=1S/C10H11N3O/c1-14-9-3-2-8-4-10(8,5-9)13-7-11-6-12-13/h2-3,5-8H,4H2,1H3. The van der Waals surface area contributed by atoms with E-state index in [0.29, 0.717) is 5.92 Å². The molecule has 1 aromatic heterocycles. The van der Waals surface area contributed by atoms with E-state index in [1.165, 1.54) is 0 Å². The third-order valence-corrected chi connectivity index (χ3v) is 2.99. The zero-order chi connectivity index (χ0) is 9.60. The Morgan fingerprint density at radius 2 is 2.57 bits per heavy atom. The van der Waals surface area contributed by atoms with Crippen LogP contribution >= 0.6 is 0 Å². The zero-order valence-electron chi connectivity index (χ0n) is 7.92. The molecule has 0 bridgehead atoms. The molecule has 0 amide bonds. The van der Waals surface area contributed by atoms with E-state index in [-0.39, 0.29) is 5.54 Å². The number of fused-ring (bicyclic) bond motifs is 1. The molecule has 2 unspecified atom stereocenters. The van der Waals surface area contributed by atoms with E-state index in [0.717, 1.165) is 12.2 Å². The van der Waals surface area contributed by atoms with Crippen LogP contribution in [0.15, 0.2) is 36.6 Å². The first-order valence-electron chi connectivity index (χ1n) is 4.65. The van der Waals surface area contributed by atoms with Crippen LogP contribution in [0.5, 0.6) is 0 Å². The van der Waals surface area contributed by atoms with Gasteiger partial charge in [-0.1, -0.05) is 6.08 Å². The first kappa shape index (κ1) is 7.79. The highest BCUT2D eigenvalue weighted by Gasteiger charge is 2.55. The molecule has 2 atom stereocenters. The molecule has 0 saturated heterocycles. The number of nitrogens with zero attached hydrogens (tertiary/aromatic N) is 3. The molecular formula is C10H11N3O. The lowest BCUT2D eigenvalue weighted by Crippen LogP contribution is -2.19. The third kappa shape index (κ3) is 0.880. The zero-order valence-corrected chi connectivity index (χ0v) is 7.92. The predicted octanol–water partition coefficient (Wildman–Crippen LogP) is 1.09. The number of aromatic nitrogens is 3. The minimum absolute atomic E-state index is 0.0105. The van der Waals surface area contributed by atoms with Gasteiger partial charge >= 0.3 is 0 Å². The molecule has 4 nitrogen and oxygen atoms in total. The second kappa shape index (κ2) is 2.47. The van der Waals surface area contributed by atoms with Crippen LogP contribution in [0.2, 0.25) is 0 Å². The Bertz CT molecular complexity index is 407. The fraction of sp³-hybridized carbons (Fsp3) is 0.400. The maximum absolute atomic E-state index is 5.22. The molecule has 1 heterocycles. The Balaban J connectivity index is 2.01. The van der Waals surface area contributed by atoms with Crippen LogP contribution in [-0.2, 0) is 10.3 Å². The summed E-state index contributed by atoms with van der Waals surface area (Å²) in [5.74, 6) is 1.47. The summed E-state index contributed by atoms with van der Waals surface area (Å²) >= 11 is 0. The SMILES string of the molecule is COC1=CC2(n3cncn3)CC2C=C1. The molecule has 14 heavy (non-hydrogen) atoms. The van der Waals surface area contributed by atoms with Crippen LogP contribution < -0.4 is 0 Å². The number of hydrogen-bond acceptors (Lipinski definition) is 3. The Hall–Kier alpha value is -1.58. The van der Waals surface area contributed by atoms with Gasteiger partial charge < -0.3 is 4.74 Å². The number of methoxy groups -OCH3 is 1. The largest absolute Gasteiger partial charge is 0.497 e. The average molecular weight is 189 g/mol. The second-order valence-electron chi connectivity index (χ2n) is 3.75. The minimum Gasteiger partial charge on any atom is -0.497 e. The van der Waals surface area contributed by atoms with E-state index in [1.54, 1.807) is 19.8 Å². The average Bonchev–Trinajstić information content (AvgIpc) is 2.70. The van der Waals surface area contributed by atoms with Crippen molar-refractivity contribution in [3.63, 3.8) is 0 Å². The minimum atomic E-state index is 0.0105. The van der Waals surface area contributed by atoms with Crippen LogP contribution in [0, 0.1) is 5.92 Å². The number of rotatable bonds is 2. The van der Waals surface area contributed by atoms with E-state index < -0.39 is 0 Å². The van der Waals surface area contributed by atoms with Crippen LogP contribution in [0.1, 0.15) is 6.42 Å². The van der Waals surface area contributed by atoms with Gasteiger partial charge in [0, 0.05) is 5.92 Å². The lowest BCUT2D eigenvalue weighted by molar-refractivity contribution is 0.296. The van der Waals surface area contributed by atoms with Gasteiger partial charge in [0.1, 0.15) is 18.4 Å². The van der Waals surface area contributed by atoms with Gasteiger partial charge in [-0.25, -0.2) is 9.67 Å². The molecule has 0 radical (unpaired) electrons. The summed E-state index contributed by atoms with van der Waals surface area (Å²) in [5, 5.41) is 4.19. The van der Waals surface area contributed by atoms with E-state index in [1.807, 2.05) is 10.8 Å². The maximum atomic E-state index is 5.22. The lowest BCUT2D eigenvalue weighted by atomic mass is 10.1. The van der Waals surface area contributed by atoms with Crippen LogP contribution in [0.25, 0.3) is 0 Å². The van der Waals surface area contributed by atoms with Crippen LogP contribution in [0.3, 0.4) is 0 Å². The van der Waals surface area contributed by atoms with Gasteiger partial charge in [0.25, 0.3) is 0 Å². The summed E-state index contributed by atoms with van der Waals surface area (Å²) < 4.78 is 7.14. The van der Waals surface area contributed by atoms with Gasteiger partial charge in [0.2, 0.25) is 0 Å². The van der Waals surface area contributed by atoms with Crippen molar-refractivity contribution in [1.82, 2.24) is 14.8 Å². The summed E-state index contributed by atoms with van der Waals surface area (Å²) in [4.78, 5) is 3.98. The molecular weight excluding hydrogens is 178 g/mol. The second-order valence-corrected chi connectivity index (χ2v) is 3.75. The normalized spacial score (nSPS) is 33.5. The molecule has 2 aliphatic carbocycles. The highest BCUT2D eigenvalue weighted by atomic mass is 16.5. The molecule has 1 aromatic rings. The Labute approximate surface area is 81.9 Å². The molecule has 1 saturated carbocycles. The third-order valence-electron chi connectivity index (χ3n) is 2.99. The smallest absolute Gasteiger partial charge is 0.137 e. The Morgan fingerprint density at radius 3 is 3.29 bits per heavy atom. The van der Waals surface area contributed by atoms with Gasteiger partial charge in [-0.05, 0) is 18.6 Å². The Kier molecular flexibility index (Phi) is 1.37. The summed E-state index contributed by atoms with van der Waals surface area (Å²) in [5.41, 5.74) is 0.0105. The number of hydrogen-bond donors (Lipinski definition) is 0. The van der Waals surface area contributed by atoms with Gasteiger partial charge in [0.05, 0.1) is 12.6 Å². The van der Waals surface area contributed by atoms with E-state index in [2.05, 4.69) is 22.2 Å². The predicted molar refractivity (Wildman–Crippen MR) is 50.3 cm³/mol. The highest BCUT2D eigenvalue weighted by molar-refractivity contribution is 5.35.